The summed E-state index contributed by atoms with van der Waals surface area (Å²) in [5.74, 6) is 0. The molecule has 1 aromatic carbocycles. The summed E-state index contributed by atoms with van der Waals surface area (Å²) in [7, 11) is 0. The zero-order valence-corrected chi connectivity index (χ0v) is 15.4. The average molecular weight is 391 g/mol. The van der Waals surface area contributed by atoms with Crippen LogP contribution in [0.25, 0.3) is 0 Å². The fraction of sp³-hybridized carbons (Fsp3) is 0.625. The second-order valence-electron chi connectivity index (χ2n) is 8.27. The normalized spacial score (nSPS) is 19.5. The number of quaternary nitrogens is 1. The van der Waals surface area contributed by atoms with E-state index in [-0.39, 0.29) is 17.1 Å². The molecule has 0 bridgehead atoms. The van der Waals surface area contributed by atoms with E-state index >= 15 is 0 Å². The molecule has 27 heavy (non-hydrogen) atoms. The third kappa shape index (κ3) is 4.85. The summed E-state index contributed by atoms with van der Waals surface area (Å²) in [6.07, 6.45) is -3.87. The summed E-state index contributed by atoms with van der Waals surface area (Å²) in [5.41, 5.74) is -4.31. The number of nitrogens with one attached hydrogen (secondary N) is 1. The molecular formula is C16H22F3N4O4+. The van der Waals surface area contributed by atoms with Gasteiger partial charge in [-0.15, -0.1) is 0 Å². The van der Waals surface area contributed by atoms with Crippen LogP contribution in [0.1, 0.15) is 46.1 Å². The van der Waals surface area contributed by atoms with Crippen molar-refractivity contribution in [2.75, 3.05) is 5.32 Å². The highest BCUT2D eigenvalue weighted by Gasteiger charge is 2.44. The van der Waals surface area contributed by atoms with Crippen molar-refractivity contribution in [2.24, 2.45) is 0 Å². The van der Waals surface area contributed by atoms with Crippen molar-refractivity contribution in [3.63, 3.8) is 0 Å². The average Bonchev–Trinajstić information content (AvgIpc) is 2.41. The number of hydrogen-bond donors (Lipinski definition) is 2. The lowest BCUT2D eigenvalue weighted by atomic mass is 9.79. The van der Waals surface area contributed by atoms with Crippen LogP contribution in [-0.4, -0.2) is 27.0 Å². The first-order valence-electron chi connectivity index (χ1n) is 8.29. The number of alkyl halides is 3. The van der Waals surface area contributed by atoms with Crippen LogP contribution in [0.15, 0.2) is 12.1 Å². The molecule has 0 atom stereocenters. The van der Waals surface area contributed by atoms with Crippen molar-refractivity contribution < 1.29 is 28.3 Å². The fourth-order valence-electron chi connectivity index (χ4n) is 4.04. The quantitative estimate of drug-likeness (QED) is 0.604. The number of nitro groups is 2. The van der Waals surface area contributed by atoms with Crippen LogP contribution in [0.5, 0.6) is 0 Å². The Morgan fingerprint density at radius 3 is 1.78 bits per heavy atom. The van der Waals surface area contributed by atoms with Crippen molar-refractivity contribution >= 4 is 17.1 Å². The summed E-state index contributed by atoms with van der Waals surface area (Å²) < 4.78 is 39.0. The van der Waals surface area contributed by atoms with Crippen molar-refractivity contribution in [2.45, 2.75) is 63.8 Å². The molecule has 11 heteroatoms. The van der Waals surface area contributed by atoms with Crippen LogP contribution < -0.4 is 10.6 Å². The number of halogens is 3. The molecule has 3 N–H and O–H groups in total. The monoisotopic (exact) mass is 391 g/mol. The molecule has 1 fully saturated rings. The molecular weight excluding hydrogens is 369 g/mol. The number of rotatable bonds is 4. The first-order valence-corrected chi connectivity index (χ1v) is 8.29. The highest BCUT2D eigenvalue weighted by atomic mass is 19.4. The minimum Gasteiger partial charge on any atom is -0.371 e. The molecule has 150 valence electrons. The Balaban J connectivity index is 2.55. The lowest BCUT2D eigenvalue weighted by Gasteiger charge is -2.43. The van der Waals surface area contributed by atoms with E-state index in [4.69, 9.17) is 0 Å². The minimum absolute atomic E-state index is 0.241. The topological polar surface area (TPSA) is 115 Å². The number of nitrogens with zero attached hydrogens (tertiary/aromatic N) is 2. The highest BCUT2D eigenvalue weighted by molar-refractivity contribution is 5.75. The molecule has 0 saturated carbocycles. The van der Waals surface area contributed by atoms with Crippen LogP contribution in [0, 0.1) is 20.2 Å². The maximum absolute atomic E-state index is 13.0. The third-order valence-electron chi connectivity index (χ3n) is 4.49. The van der Waals surface area contributed by atoms with Crippen LogP contribution in [0.3, 0.4) is 0 Å². The summed E-state index contributed by atoms with van der Waals surface area (Å²) in [6.45, 7) is 7.88. The van der Waals surface area contributed by atoms with E-state index in [0.717, 1.165) is 0 Å². The van der Waals surface area contributed by atoms with E-state index in [2.05, 4.69) is 10.6 Å². The van der Waals surface area contributed by atoms with Gasteiger partial charge in [0.05, 0.1) is 26.5 Å². The molecule has 1 heterocycles. The van der Waals surface area contributed by atoms with Gasteiger partial charge in [0.15, 0.2) is 5.69 Å². The lowest BCUT2D eigenvalue weighted by molar-refractivity contribution is -0.787. The molecule has 1 aliphatic heterocycles. The van der Waals surface area contributed by atoms with Gasteiger partial charge in [0.1, 0.15) is 0 Å². The molecule has 0 amide bonds. The van der Waals surface area contributed by atoms with Crippen molar-refractivity contribution in [1.82, 2.24) is 0 Å². The van der Waals surface area contributed by atoms with Crippen molar-refractivity contribution in [3.8, 4) is 0 Å². The maximum atomic E-state index is 13.0. The fourth-order valence-corrected chi connectivity index (χ4v) is 4.04. The number of hydrogen-bond acceptors (Lipinski definition) is 5. The predicted octanol–water partition coefficient (Wildman–Crippen LogP) is 3.22. The van der Waals surface area contributed by atoms with Crippen LogP contribution in [0.4, 0.5) is 30.2 Å². The third-order valence-corrected chi connectivity index (χ3v) is 4.49. The smallest absolute Gasteiger partial charge is 0.371 e. The first kappa shape index (κ1) is 20.9. The molecule has 1 aromatic rings. The summed E-state index contributed by atoms with van der Waals surface area (Å²) in [4.78, 5) is 20.6. The van der Waals surface area contributed by atoms with Gasteiger partial charge >= 0.3 is 6.18 Å². The van der Waals surface area contributed by atoms with Gasteiger partial charge in [-0.1, -0.05) is 0 Å². The Hall–Kier alpha value is -2.43. The highest BCUT2D eigenvalue weighted by Crippen LogP contribution is 2.42. The molecule has 1 saturated heterocycles. The van der Waals surface area contributed by atoms with Gasteiger partial charge in [0.2, 0.25) is 0 Å². The first-order chi connectivity index (χ1) is 12.1. The van der Waals surface area contributed by atoms with E-state index in [0.29, 0.717) is 25.0 Å². The Bertz CT molecular complexity index is 726. The molecule has 8 nitrogen and oxygen atoms in total. The summed E-state index contributed by atoms with van der Waals surface area (Å²) in [5, 5.41) is 27.6. The van der Waals surface area contributed by atoms with Crippen molar-refractivity contribution in [3.05, 3.63) is 37.9 Å². The molecule has 2 rings (SSSR count). The van der Waals surface area contributed by atoms with Gasteiger partial charge in [-0.25, -0.2) is 0 Å². The standard InChI is InChI=1S/C16H21F3N4O4/c1-14(2)7-10(8-15(3,4)21-14)20-13-11(22(24)25)5-9(16(17,18)19)6-12(13)23(26)27/h5-6,10,20-21H,7-8H2,1-4H3/p+1. The molecule has 0 aliphatic carbocycles. The number of nitro benzene ring substituents is 2. The Kier molecular flexibility index (Phi) is 5.12. The van der Waals surface area contributed by atoms with Gasteiger partial charge in [0, 0.05) is 31.0 Å². The number of benzene rings is 1. The zero-order chi connectivity index (χ0) is 20.8. The van der Waals surface area contributed by atoms with E-state index in [9.17, 15) is 33.4 Å². The molecule has 0 radical (unpaired) electrons. The summed E-state index contributed by atoms with van der Waals surface area (Å²) >= 11 is 0. The number of piperidine rings is 1. The Labute approximate surface area is 153 Å². The van der Waals surface area contributed by atoms with Gasteiger partial charge in [-0.05, 0) is 27.7 Å². The maximum Gasteiger partial charge on any atom is 0.416 e. The largest absolute Gasteiger partial charge is 0.416 e. The lowest BCUT2D eigenvalue weighted by Crippen LogP contribution is -3.06. The van der Waals surface area contributed by atoms with Gasteiger partial charge < -0.3 is 10.6 Å². The van der Waals surface area contributed by atoms with Gasteiger partial charge in [0.25, 0.3) is 11.4 Å². The van der Waals surface area contributed by atoms with Crippen LogP contribution in [-0.2, 0) is 6.18 Å². The summed E-state index contributed by atoms with van der Waals surface area (Å²) in [6, 6.07) is 0.301. The van der Waals surface area contributed by atoms with E-state index in [1.165, 1.54) is 0 Å². The van der Waals surface area contributed by atoms with Gasteiger partial charge in [-0.2, -0.15) is 13.2 Å². The second-order valence-corrected chi connectivity index (χ2v) is 8.27. The zero-order valence-electron chi connectivity index (χ0n) is 15.4. The second kappa shape index (κ2) is 6.63. The Morgan fingerprint density at radius 2 is 1.44 bits per heavy atom. The minimum atomic E-state index is -4.93. The SMILES string of the molecule is CC1(C)CC(Nc2c([N+](=O)[O-])cc(C(F)(F)F)cc2[N+](=O)[O-])CC(C)(C)[NH2+]1. The molecule has 0 spiro atoms. The molecule has 0 unspecified atom stereocenters. The number of nitrogens with two attached hydrogens (primary N) is 1. The predicted molar refractivity (Wildman–Crippen MR) is 91.5 cm³/mol. The Morgan fingerprint density at radius 1 is 1.04 bits per heavy atom. The van der Waals surface area contributed by atoms with E-state index < -0.39 is 38.6 Å². The van der Waals surface area contributed by atoms with Crippen LogP contribution in [0.2, 0.25) is 0 Å². The number of anilines is 1. The molecule has 1 aliphatic rings. The van der Waals surface area contributed by atoms with Gasteiger partial charge in [-0.3, -0.25) is 20.2 Å². The van der Waals surface area contributed by atoms with E-state index in [1.54, 1.807) is 0 Å². The van der Waals surface area contributed by atoms with E-state index in [1.807, 2.05) is 27.7 Å². The van der Waals surface area contributed by atoms with Crippen molar-refractivity contribution in [1.29, 1.82) is 0 Å². The van der Waals surface area contributed by atoms with Crippen LogP contribution >= 0.6 is 0 Å². The molecule has 0 aromatic heterocycles.